The second-order valence-corrected chi connectivity index (χ2v) is 10.8. The lowest BCUT2D eigenvalue weighted by Crippen LogP contribution is -2.26. The Morgan fingerprint density at radius 1 is 0.674 bits per heavy atom. The first-order chi connectivity index (χ1) is 22.3. The first kappa shape index (κ1) is 35.8. The average molecular weight is 633 g/mol. The predicted octanol–water partition coefficient (Wildman–Crippen LogP) is 7.79. The molecule has 46 heavy (non-hydrogen) atoms. The van der Waals surface area contributed by atoms with Crippen LogP contribution in [0.2, 0.25) is 0 Å². The lowest BCUT2D eigenvalue weighted by Gasteiger charge is -2.12. The monoisotopic (exact) mass is 632 g/mol. The van der Waals surface area contributed by atoms with E-state index in [9.17, 15) is 19.2 Å². The van der Waals surface area contributed by atoms with Crippen LogP contribution in [0.5, 0.6) is 11.5 Å². The Kier molecular flexibility index (Phi) is 15.3. The van der Waals surface area contributed by atoms with Gasteiger partial charge in [-0.25, -0.2) is 19.2 Å². The van der Waals surface area contributed by atoms with Gasteiger partial charge in [0.2, 0.25) is 0 Å². The van der Waals surface area contributed by atoms with Gasteiger partial charge in [-0.3, -0.25) is 0 Å². The molecule has 0 aliphatic carbocycles. The van der Waals surface area contributed by atoms with Crippen LogP contribution in [-0.4, -0.2) is 49.8 Å². The molecule has 1 atom stereocenters. The number of hydrogen-bond acceptors (Lipinski definition) is 9. The number of esters is 4. The minimum Gasteiger partial charge on any atom is -0.494 e. The number of rotatable bonds is 20. The minimum atomic E-state index is -1.01. The zero-order chi connectivity index (χ0) is 33.1. The Labute approximate surface area is 270 Å². The van der Waals surface area contributed by atoms with Gasteiger partial charge in [0.15, 0.2) is 6.10 Å². The SMILES string of the molecule is C=CC(=O)OCCCCCCCCCCCOc1ccc(C(=O)Oc2ccc3cc(C(=O)OC(C)C(=O)OCC)ccc3c2)cc1. The zero-order valence-corrected chi connectivity index (χ0v) is 26.8. The van der Waals surface area contributed by atoms with E-state index in [-0.39, 0.29) is 12.6 Å². The van der Waals surface area contributed by atoms with Crippen molar-refractivity contribution in [3.63, 3.8) is 0 Å². The summed E-state index contributed by atoms with van der Waals surface area (Å²) in [5.74, 6) is -1.01. The number of unbranched alkanes of at least 4 members (excludes halogenated alkanes) is 8. The molecule has 0 radical (unpaired) electrons. The van der Waals surface area contributed by atoms with Gasteiger partial charge >= 0.3 is 23.9 Å². The summed E-state index contributed by atoms with van der Waals surface area (Å²) in [5, 5.41) is 1.52. The number of carbonyl (C=O) groups excluding carboxylic acids is 4. The van der Waals surface area contributed by atoms with Crippen LogP contribution in [0.3, 0.4) is 0 Å². The van der Waals surface area contributed by atoms with Crippen molar-refractivity contribution in [2.45, 2.75) is 77.7 Å². The van der Waals surface area contributed by atoms with E-state index in [1.165, 1.54) is 38.7 Å². The number of benzene rings is 3. The molecule has 0 bridgehead atoms. The largest absolute Gasteiger partial charge is 0.494 e. The Morgan fingerprint density at radius 3 is 1.89 bits per heavy atom. The fourth-order valence-electron chi connectivity index (χ4n) is 4.67. The van der Waals surface area contributed by atoms with E-state index in [2.05, 4.69) is 6.58 Å². The van der Waals surface area contributed by atoms with Gasteiger partial charge in [-0.1, -0.05) is 63.7 Å². The summed E-state index contributed by atoms with van der Waals surface area (Å²) in [6.45, 7) is 7.81. The second kappa shape index (κ2) is 19.7. The molecular weight excluding hydrogens is 588 g/mol. The van der Waals surface area contributed by atoms with Crippen molar-refractivity contribution < 1.29 is 42.9 Å². The Balaban J connectivity index is 1.33. The molecule has 0 saturated carbocycles. The van der Waals surface area contributed by atoms with Crippen molar-refractivity contribution in [3.8, 4) is 11.5 Å². The first-order valence-corrected chi connectivity index (χ1v) is 16.0. The van der Waals surface area contributed by atoms with Crippen LogP contribution in [0.15, 0.2) is 73.3 Å². The molecule has 0 heterocycles. The quantitative estimate of drug-likeness (QED) is 0.0405. The van der Waals surface area contributed by atoms with Gasteiger partial charge in [-0.15, -0.1) is 0 Å². The van der Waals surface area contributed by atoms with Gasteiger partial charge < -0.3 is 23.7 Å². The van der Waals surface area contributed by atoms with Gasteiger partial charge in [0.25, 0.3) is 0 Å². The summed E-state index contributed by atoms with van der Waals surface area (Å²) in [6.07, 6.45) is 10.2. The Bertz CT molecular complexity index is 1440. The number of hydrogen-bond donors (Lipinski definition) is 0. The summed E-state index contributed by atoms with van der Waals surface area (Å²) in [7, 11) is 0. The topological polar surface area (TPSA) is 114 Å². The highest BCUT2D eigenvalue weighted by molar-refractivity contribution is 5.97. The molecule has 9 nitrogen and oxygen atoms in total. The molecule has 0 aliphatic heterocycles. The smallest absolute Gasteiger partial charge is 0.347 e. The van der Waals surface area contributed by atoms with E-state index in [1.807, 2.05) is 0 Å². The fourth-order valence-corrected chi connectivity index (χ4v) is 4.67. The van der Waals surface area contributed by atoms with Crippen molar-refractivity contribution in [3.05, 3.63) is 84.4 Å². The fraction of sp³-hybridized carbons (Fsp3) is 0.405. The van der Waals surface area contributed by atoms with E-state index in [0.29, 0.717) is 35.8 Å². The molecule has 3 aromatic carbocycles. The molecule has 1 unspecified atom stereocenters. The number of ether oxygens (including phenoxy) is 5. The Morgan fingerprint density at radius 2 is 1.24 bits per heavy atom. The third-order valence-electron chi connectivity index (χ3n) is 7.22. The van der Waals surface area contributed by atoms with E-state index in [1.54, 1.807) is 67.6 Å². The molecule has 0 fully saturated rings. The van der Waals surface area contributed by atoms with Gasteiger partial charge in [0.05, 0.1) is 30.9 Å². The maximum Gasteiger partial charge on any atom is 0.347 e. The average Bonchev–Trinajstić information content (AvgIpc) is 3.06. The molecule has 9 heteroatoms. The minimum absolute atomic E-state index is 0.203. The maximum absolute atomic E-state index is 12.7. The molecule has 0 saturated heterocycles. The molecule has 246 valence electrons. The summed E-state index contributed by atoms with van der Waals surface area (Å²) >= 11 is 0. The summed E-state index contributed by atoms with van der Waals surface area (Å²) in [5.41, 5.74) is 0.695. The third-order valence-corrected chi connectivity index (χ3v) is 7.22. The predicted molar refractivity (Wildman–Crippen MR) is 175 cm³/mol. The summed E-state index contributed by atoms with van der Waals surface area (Å²) in [4.78, 5) is 47.9. The molecule has 0 aromatic heterocycles. The molecular formula is C37H44O9. The lowest BCUT2D eigenvalue weighted by atomic mass is 10.1. The van der Waals surface area contributed by atoms with Crippen LogP contribution >= 0.6 is 0 Å². The second-order valence-electron chi connectivity index (χ2n) is 10.8. The van der Waals surface area contributed by atoms with E-state index in [0.717, 1.165) is 42.9 Å². The van der Waals surface area contributed by atoms with Crippen molar-refractivity contribution in [1.82, 2.24) is 0 Å². The molecule has 0 aliphatic rings. The zero-order valence-electron chi connectivity index (χ0n) is 26.8. The molecule has 3 rings (SSSR count). The molecule has 0 amide bonds. The van der Waals surface area contributed by atoms with Gasteiger partial charge in [-0.2, -0.15) is 0 Å². The van der Waals surface area contributed by atoms with Crippen molar-refractivity contribution in [1.29, 1.82) is 0 Å². The summed E-state index contributed by atoms with van der Waals surface area (Å²) in [6, 6.07) is 17.0. The van der Waals surface area contributed by atoms with E-state index in [4.69, 9.17) is 23.7 Å². The van der Waals surface area contributed by atoms with E-state index >= 15 is 0 Å². The maximum atomic E-state index is 12.7. The molecule has 0 spiro atoms. The van der Waals surface area contributed by atoms with Crippen LogP contribution < -0.4 is 9.47 Å². The highest BCUT2D eigenvalue weighted by Crippen LogP contribution is 2.24. The van der Waals surface area contributed by atoms with Crippen LogP contribution in [-0.2, 0) is 23.8 Å². The van der Waals surface area contributed by atoms with E-state index < -0.39 is 24.0 Å². The number of carbonyl (C=O) groups is 4. The van der Waals surface area contributed by atoms with Crippen molar-refractivity contribution in [2.75, 3.05) is 19.8 Å². The molecule has 0 N–H and O–H groups in total. The third kappa shape index (κ3) is 12.4. The lowest BCUT2D eigenvalue weighted by molar-refractivity contribution is -0.152. The van der Waals surface area contributed by atoms with Gasteiger partial charge in [0.1, 0.15) is 11.5 Å². The van der Waals surface area contributed by atoms with Crippen molar-refractivity contribution >= 4 is 34.6 Å². The standard InChI is InChI=1S/C37H44O9/c1-4-34(38)44-24-14-12-10-8-6-7-9-11-13-23-43-32-20-17-28(18-21-32)36(40)46-33-22-19-29-25-31(16-15-30(29)26-33)37(41)45-27(3)35(39)42-5-2/h4,15-22,25-27H,1,5-14,23-24H2,2-3H3. The highest BCUT2D eigenvalue weighted by atomic mass is 16.6. The number of fused-ring (bicyclic) bond motifs is 1. The Hall–Kier alpha value is -4.66. The van der Waals surface area contributed by atoms with Crippen LogP contribution in [0.25, 0.3) is 10.8 Å². The van der Waals surface area contributed by atoms with Gasteiger partial charge in [0, 0.05) is 6.08 Å². The first-order valence-electron chi connectivity index (χ1n) is 16.0. The van der Waals surface area contributed by atoms with Crippen LogP contribution in [0.1, 0.15) is 92.4 Å². The summed E-state index contributed by atoms with van der Waals surface area (Å²) < 4.78 is 26.5. The van der Waals surface area contributed by atoms with Crippen LogP contribution in [0.4, 0.5) is 0 Å². The molecule has 3 aromatic rings. The highest BCUT2D eigenvalue weighted by Gasteiger charge is 2.20. The van der Waals surface area contributed by atoms with Gasteiger partial charge in [-0.05, 0) is 86.0 Å². The van der Waals surface area contributed by atoms with Crippen molar-refractivity contribution in [2.24, 2.45) is 0 Å². The van der Waals surface area contributed by atoms with Crippen LogP contribution in [0, 0.1) is 0 Å². The normalized spacial score (nSPS) is 11.3.